The van der Waals surface area contributed by atoms with E-state index < -0.39 is 11.7 Å². The van der Waals surface area contributed by atoms with Crippen LogP contribution in [0.3, 0.4) is 0 Å². The highest BCUT2D eigenvalue weighted by Gasteiger charge is 2.33. The highest BCUT2D eigenvalue weighted by atomic mass is 32.2. The molecule has 1 aromatic carbocycles. The molecular formula is C13H18F3NOS. The molecule has 0 aromatic heterocycles. The molecule has 0 amide bonds. The first-order chi connectivity index (χ1) is 8.99. The Hall–Kier alpha value is -0.720. The van der Waals surface area contributed by atoms with Gasteiger partial charge in [0.05, 0.1) is 5.56 Å². The summed E-state index contributed by atoms with van der Waals surface area (Å²) in [5, 5.41) is 11.6. The SMILES string of the molecule is CCNCc1ccc(SCCCO)cc1C(F)(F)F. The second-order valence-corrected chi connectivity index (χ2v) is 5.19. The molecule has 0 saturated heterocycles. The number of thioether (sulfide) groups is 1. The van der Waals surface area contributed by atoms with Crippen LogP contribution >= 0.6 is 11.8 Å². The van der Waals surface area contributed by atoms with E-state index in [1.54, 1.807) is 6.07 Å². The largest absolute Gasteiger partial charge is 0.416 e. The van der Waals surface area contributed by atoms with Crippen LogP contribution in [0.1, 0.15) is 24.5 Å². The average Bonchev–Trinajstić information content (AvgIpc) is 2.36. The Labute approximate surface area is 115 Å². The van der Waals surface area contributed by atoms with Crippen molar-refractivity contribution in [3.8, 4) is 0 Å². The molecule has 0 radical (unpaired) electrons. The van der Waals surface area contributed by atoms with Gasteiger partial charge in [-0.3, -0.25) is 0 Å². The standard InChI is InChI=1S/C13H18F3NOS/c1-2-17-9-10-4-5-11(19-7-3-6-18)8-12(10)13(14,15)16/h4-5,8,17-18H,2-3,6-7,9H2,1H3. The highest BCUT2D eigenvalue weighted by Crippen LogP contribution is 2.34. The van der Waals surface area contributed by atoms with Crippen molar-refractivity contribution in [1.82, 2.24) is 5.32 Å². The van der Waals surface area contributed by atoms with Gasteiger partial charge in [0.15, 0.2) is 0 Å². The van der Waals surface area contributed by atoms with Gasteiger partial charge in [0, 0.05) is 23.8 Å². The molecule has 2 nitrogen and oxygen atoms in total. The van der Waals surface area contributed by atoms with Crippen molar-refractivity contribution >= 4 is 11.8 Å². The Morgan fingerprint density at radius 3 is 2.63 bits per heavy atom. The molecule has 0 aliphatic heterocycles. The molecular weight excluding hydrogens is 275 g/mol. The summed E-state index contributed by atoms with van der Waals surface area (Å²) in [7, 11) is 0. The van der Waals surface area contributed by atoms with E-state index in [1.165, 1.54) is 23.9 Å². The third-order valence-electron chi connectivity index (χ3n) is 2.52. The van der Waals surface area contributed by atoms with Crippen molar-refractivity contribution in [3.05, 3.63) is 29.3 Å². The lowest BCUT2D eigenvalue weighted by Crippen LogP contribution is -2.17. The van der Waals surface area contributed by atoms with Gasteiger partial charge >= 0.3 is 6.18 Å². The molecule has 19 heavy (non-hydrogen) atoms. The molecule has 1 aromatic rings. The molecule has 0 aliphatic carbocycles. The lowest BCUT2D eigenvalue weighted by atomic mass is 10.1. The predicted octanol–water partition coefficient (Wildman–Crippen LogP) is 3.29. The summed E-state index contributed by atoms with van der Waals surface area (Å²) in [5.74, 6) is 0.611. The van der Waals surface area contributed by atoms with Gasteiger partial charge in [-0.2, -0.15) is 13.2 Å². The smallest absolute Gasteiger partial charge is 0.396 e. The van der Waals surface area contributed by atoms with Crippen molar-refractivity contribution in [2.45, 2.75) is 31.0 Å². The van der Waals surface area contributed by atoms with Gasteiger partial charge in [0.1, 0.15) is 0 Å². The monoisotopic (exact) mass is 293 g/mol. The Balaban J connectivity index is 2.88. The summed E-state index contributed by atoms with van der Waals surface area (Å²) in [5.41, 5.74) is -0.316. The zero-order valence-corrected chi connectivity index (χ0v) is 11.6. The molecule has 0 bridgehead atoms. The summed E-state index contributed by atoms with van der Waals surface area (Å²) >= 11 is 1.33. The molecule has 2 N–H and O–H groups in total. The lowest BCUT2D eigenvalue weighted by molar-refractivity contribution is -0.138. The van der Waals surface area contributed by atoms with Gasteiger partial charge in [0.2, 0.25) is 0 Å². The van der Waals surface area contributed by atoms with Crippen LogP contribution in [-0.4, -0.2) is 24.0 Å². The first-order valence-corrected chi connectivity index (χ1v) is 7.12. The Morgan fingerprint density at radius 1 is 1.32 bits per heavy atom. The Bertz CT molecular complexity index is 396. The van der Waals surface area contributed by atoms with E-state index in [9.17, 15) is 13.2 Å². The van der Waals surface area contributed by atoms with E-state index in [0.29, 0.717) is 23.6 Å². The van der Waals surface area contributed by atoms with Gasteiger partial charge in [-0.1, -0.05) is 13.0 Å². The number of nitrogens with one attached hydrogen (secondary N) is 1. The maximum atomic E-state index is 13.0. The number of rotatable bonds is 7. The van der Waals surface area contributed by atoms with Gasteiger partial charge in [-0.25, -0.2) is 0 Å². The summed E-state index contributed by atoms with van der Waals surface area (Å²) < 4.78 is 38.9. The first-order valence-electron chi connectivity index (χ1n) is 6.13. The van der Waals surface area contributed by atoms with Crippen molar-refractivity contribution in [2.75, 3.05) is 18.9 Å². The quantitative estimate of drug-likeness (QED) is 0.598. The fourth-order valence-electron chi connectivity index (χ4n) is 1.58. The fourth-order valence-corrected chi connectivity index (χ4v) is 2.45. The summed E-state index contributed by atoms with van der Waals surface area (Å²) in [6.45, 7) is 2.75. The second kappa shape index (κ2) is 7.77. The van der Waals surface area contributed by atoms with E-state index in [2.05, 4.69) is 5.32 Å². The minimum absolute atomic E-state index is 0.0532. The number of halogens is 3. The van der Waals surface area contributed by atoms with E-state index in [1.807, 2.05) is 6.92 Å². The second-order valence-electron chi connectivity index (χ2n) is 4.02. The lowest BCUT2D eigenvalue weighted by Gasteiger charge is -2.14. The molecule has 0 saturated carbocycles. The minimum Gasteiger partial charge on any atom is -0.396 e. The Kier molecular flexibility index (Phi) is 6.68. The molecule has 0 heterocycles. The molecule has 0 atom stereocenters. The van der Waals surface area contributed by atoms with Crippen LogP contribution in [0.15, 0.2) is 23.1 Å². The maximum absolute atomic E-state index is 13.0. The van der Waals surface area contributed by atoms with Crippen molar-refractivity contribution in [2.24, 2.45) is 0 Å². The average molecular weight is 293 g/mol. The maximum Gasteiger partial charge on any atom is 0.416 e. The first kappa shape index (κ1) is 16.3. The normalized spacial score (nSPS) is 11.8. The van der Waals surface area contributed by atoms with Crippen LogP contribution in [0.2, 0.25) is 0 Å². The number of hydrogen-bond acceptors (Lipinski definition) is 3. The van der Waals surface area contributed by atoms with Gasteiger partial charge in [0.25, 0.3) is 0 Å². The van der Waals surface area contributed by atoms with Crippen LogP contribution in [0.25, 0.3) is 0 Å². The van der Waals surface area contributed by atoms with Crippen LogP contribution in [0.4, 0.5) is 13.2 Å². The molecule has 108 valence electrons. The van der Waals surface area contributed by atoms with Crippen LogP contribution in [0, 0.1) is 0 Å². The number of alkyl halides is 3. The number of hydrogen-bond donors (Lipinski definition) is 2. The third kappa shape index (κ3) is 5.42. The van der Waals surface area contributed by atoms with Crippen molar-refractivity contribution in [3.63, 3.8) is 0 Å². The topological polar surface area (TPSA) is 32.3 Å². The van der Waals surface area contributed by atoms with Gasteiger partial charge in [-0.05, 0) is 30.7 Å². The van der Waals surface area contributed by atoms with Gasteiger partial charge in [-0.15, -0.1) is 11.8 Å². The van der Waals surface area contributed by atoms with E-state index in [0.717, 1.165) is 0 Å². The zero-order valence-electron chi connectivity index (χ0n) is 10.8. The molecule has 1 rings (SSSR count). The molecule has 0 spiro atoms. The number of aliphatic hydroxyl groups is 1. The van der Waals surface area contributed by atoms with Crippen molar-refractivity contribution < 1.29 is 18.3 Å². The molecule has 6 heteroatoms. The van der Waals surface area contributed by atoms with Crippen LogP contribution in [0.5, 0.6) is 0 Å². The van der Waals surface area contributed by atoms with E-state index in [4.69, 9.17) is 5.11 Å². The molecule has 0 aliphatic rings. The van der Waals surface area contributed by atoms with E-state index >= 15 is 0 Å². The van der Waals surface area contributed by atoms with Crippen LogP contribution in [-0.2, 0) is 12.7 Å². The highest BCUT2D eigenvalue weighted by molar-refractivity contribution is 7.99. The van der Waals surface area contributed by atoms with Crippen molar-refractivity contribution in [1.29, 1.82) is 0 Å². The van der Waals surface area contributed by atoms with Crippen LogP contribution < -0.4 is 5.32 Å². The molecule has 0 unspecified atom stereocenters. The Morgan fingerprint density at radius 2 is 2.05 bits per heavy atom. The van der Waals surface area contributed by atoms with Gasteiger partial charge < -0.3 is 10.4 Å². The number of benzene rings is 1. The summed E-state index contributed by atoms with van der Waals surface area (Å²) in [4.78, 5) is 0.584. The fraction of sp³-hybridized carbons (Fsp3) is 0.538. The van der Waals surface area contributed by atoms with E-state index in [-0.39, 0.29) is 18.7 Å². The zero-order chi connectivity index (χ0) is 14.3. The number of aliphatic hydroxyl groups excluding tert-OH is 1. The predicted molar refractivity (Wildman–Crippen MR) is 71.3 cm³/mol. The summed E-state index contributed by atoms with van der Waals surface area (Å²) in [6, 6.07) is 4.41. The minimum atomic E-state index is -4.34. The summed E-state index contributed by atoms with van der Waals surface area (Å²) in [6.07, 6.45) is -3.76. The molecule has 0 fully saturated rings. The third-order valence-corrected chi connectivity index (χ3v) is 3.60.